The van der Waals surface area contributed by atoms with Crippen molar-refractivity contribution < 1.29 is 19.0 Å². The minimum Gasteiger partial charge on any atom is -0.464 e. The quantitative estimate of drug-likeness (QED) is 0.677. The maximum atomic E-state index is 9.07. The predicted octanol–water partition coefficient (Wildman–Crippen LogP) is 0.817. The molecule has 4 heteroatoms. The Balaban J connectivity index is 2.23. The van der Waals surface area contributed by atoms with Crippen LogP contribution in [-0.2, 0) is 15.3 Å². The molecule has 0 bridgehead atoms. The molecule has 0 saturated carbocycles. The van der Waals surface area contributed by atoms with Crippen LogP contribution in [0.5, 0.6) is 0 Å². The zero-order valence-electron chi connectivity index (χ0n) is 6.69. The van der Waals surface area contributed by atoms with Gasteiger partial charge in [-0.3, -0.25) is 0 Å². The molecule has 12 heavy (non-hydrogen) atoms. The third kappa shape index (κ3) is 1.14. The average Bonchev–Trinajstić information content (AvgIpc) is 2.59. The number of ether oxygens (including phenoxy) is 2. The van der Waals surface area contributed by atoms with Gasteiger partial charge >= 0.3 is 0 Å². The van der Waals surface area contributed by atoms with E-state index in [1.807, 2.05) is 0 Å². The number of furan rings is 1. The lowest BCUT2D eigenvalue weighted by Crippen LogP contribution is -2.22. The summed E-state index contributed by atoms with van der Waals surface area (Å²) in [5, 5.41) is 9.07. The second-order valence-electron chi connectivity index (χ2n) is 2.81. The molecule has 1 fully saturated rings. The highest BCUT2D eigenvalue weighted by molar-refractivity contribution is 5.05. The number of hydrogen-bond acceptors (Lipinski definition) is 4. The van der Waals surface area contributed by atoms with Gasteiger partial charge in [-0.15, -0.1) is 0 Å². The van der Waals surface area contributed by atoms with Crippen LogP contribution in [-0.4, -0.2) is 18.0 Å². The number of aliphatic hydroxyl groups is 1. The van der Waals surface area contributed by atoms with Gasteiger partial charge in [0, 0.05) is 0 Å². The molecule has 1 aromatic heterocycles. The largest absolute Gasteiger partial charge is 0.464 e. The molecule has 0 amide bonds. The van der Waals surface area contributed by atoms with Crippen LogP contribution in [0.25, 0.3) is 0 Å². The van der Waals surface area contributed by atoms with Crippen molar-refractivity contribution in [2.24, 2.45) is 0 Å². The summed E-state index contributed by atoms with van der Waals surface area (Å²) < 4.78 is 15.5. The summed E-state index contributed by atoms with van der Waals surface area (Å²) in [7, 11) is 0. The Morgan fingerprint density at radius 1 is 1.67 bits per heavy atom. The van der Waals surface area contributed by atoms with E-state index in [1.54, 1.807) is 19.1 Å². The van der Waals surface area contributed by atoms with Crippen LogP contribution >= 0.6 is 0 Å². The normalized spacial score (nSPS) is 35.7. The lowest BCUT2D eigenvalue weighted by molar-refractivity contribution is -0.203. The molecule has 0 spiro atoms. The second-order valence-corrected chi connectivity index (χ2v) is 2.81. The first-order valence-corrected chi connectivity index (χ1v) is 3.74. The maximum Gasteiger partial charge on any atom is 0.227 e. The summed E-state index contributed by atoms with van der Waals surface area (Å²) in [4.78, 5) is 0. The molecule has 1 aromatic rings. The SMILES string of the molecule is CC1(c2ccco2)OCC(O)O1. The monoisotopic (exact) mass is 170 g/mol. The van der Waals surface area contributed by atoms with Gasteiger partial charge in [-0.1, -0.05) is 0 Å². The minimum absolute atomic E-state index is 0.178. The molecule has 2 heterocycles. The first kappa shape index (κ1) is 7.79. The van der Waals surface area contributed by atoms with E-state index in [1.165, 1.54) is 6.26 Å². The molecule has 1 saturated heterocycles. The minimum atomic E-state index is -0.928. The summed E-state index contributed by atoms with van der Waals surface area (Å²) in [5.74, 6) is -0.359. The standard InChI is InChI=1S/C8H10O4/c1-8(6-3-2-4-10-6)11-5-7(9)12-8/h2-4,7,9H,5H2,1H3. The molecule has 2 unspecified atom stereocenters. The van der Waals surface area contributed by atoms with E-state index >= 15 is 0 Å². The van der Waals surface area contributed by atoms with E-state index < -0.39 is 12.1 Å². The summed E-state index contributed by atoms with van der Waals surface area (Å²) in [6, 6.07) is 3.50. The van der Waals surface area contributed by atoms with Crippen LogP contribution in [0.15, 0.2) is 22.8 Å². The third-order valence-electron chi connectivity index (χ3n) is 1.83. The van der Waals surface area contributed by atoms with Crippen molar-refractivity contribution in [2.45, 2.75) is 19.0 Å². The molecule has 0 aromatic carbocycles. The lowest BCUT2D eigenvalue weighted by atomic mass is 10.2. The van der Waals surface area contributed by atoms with Gasteiger partial charge in [0.15, 0.2) is 12.1 Å². The summed E-state index contributed by atoms with van der Waals surface area (Å²) >= 11 is 0. The van der Waals surface area contributed by atoms with Gasteiger partial charge in [-0.25, -0.2) is 0 Å². The van der Waals surface area contributed by atoms with Crippen molar-refractivity contribution in [3.8, 4) is 0 Å². The molecule has 2 rings (SSSR count). The molecular formula is C8H10O4. The fourth-order valence-corrected chi connectivity index (χ4v) is 1.22. The zero-order valence-corrected chi connectivity index (χ0v) is 6.69. The van der Waals surface area contributed by atoms with Crippen LogP contribution in [0, 0.1) is 0 Å². The van der Waals surface area contributed by atoms with Gasteiger partial charge in [0.2, 0.25) is 5.79 Å². The highest BCUT2D eigenvalue weighted by atomic mass is 16.8. The van der Waals surface area contributed by atoms with Crippen LogP contribution in [0.2, 0.25) is 0 Å². The molecule has 0 aliphatic carbocycles. The molecule has 0 radical (unpaired) electrons. The summed E-state index contributed by atoms with van der Waals surface area (Å²) in [6.45, 7) is 1.89. The van der Waals surface area contributed by atoms with E-state index in [0.29, 0.717) is 5.76 Å². The smallest absolute Gasteiger partial charge is 0.227 e. The summed E-state index contributed by atoms with van der Waals surface area (Å²) in [5.41, 5.74) is 0. The first-order chi connectivity index (χ1) is 5.71. The van der Waals surface area contributed by atoms with Crippen LogP contribution in [0.1, 0.15) is 12.7 Å². The van der Waals surface area contributed by atoms with Crippen molar-refractivity contribution in [1.82, 2.24) is 0 Å². The predicted molar refractivity (Wildman–Crippen MR) is 39.1 cm³/mol. The van der Waals surface area contributed by atoms with Gasteiger partial charge in [0.1, 0.15) is 6.61 Å². The van der Waals surface area contributed by atoms with E-state index in [-0.39, 0.29) is 6.61 Å². The molecular weight excluding hydrogens is 160 g/mol. The van der Waals surface area contributed by atoms with Crippen LogP contribution in [0.3, 0.4) is 0 Å². The topological polar surface area (TPSA) is 51.8 Å². The fourth-order valence-electron chi connectivity index (χ4n) is 1.22. The fraction of sp³-hybridized carbons (Fsp3) is 0.500. The lowest BCUT2D eigenvalue weighted by Gasteiger charge is -2.18. The molecule has 1 N–H and O–H groups in total. The number of hydrogen-bond donors (Lipinski definition) is 1. The third-order valence-corrected chi connectivity index (χ3v) is 1.83. The molecule has 2 atom stereocenters. The van der Waals surface area contributed by atoms with Crippen molar-refractivity contribution in [1.29, 1.82) is 0 Å². The Morgan fingerprint density at radius 3 is 3.00 bits per heavy atom. The number of aliphatic hydroxyl groups excluding tert-OH is 1. The highest BCUT2D eigenvalue weighted by Crippen LogP contribution is 2.32. The Hall–Kier alpha value is -0.840. The summed E-state index contributed by atoms with van der Waals surface area (Å²) in [6.07, 6.45) is 0.679. The molecule has 1 aliphatic heterocycles. The first-order valence-electron chi connectivity index (χ1n) is 3.74. The Morgan fingerprint density at radius 2 is 2.50 bits per heavy atom. The Labute approximate surface area is 69.7 Å². The maximum absolute atomic E-state index is 9.07. The molecule has 4 nitrogen and oxygen atoms in total. The van der Waals surface area contributed by atoms with E-state index in [0.717, 1.165) is 0 Å². The molecule has 66 valence electrons. The Bertz CT molecular complexity index is 256. The van der Waals surface area contributed by atoms with Crippen molar-refractivity contribution in [2.75, 3.05) is 6.61 Å². The van der Waals surface area contributed by atoms with Gasteiger partial charge < -0.3 is 19.0 Å². The van der Waals surface area contributed by atoms with Crippen molar-refractivity contribution >= 4 is 0 Å². The van der Waals surface area contributed by atoms with Gasteiger partial charge in [-0.2, -0.15) is 0 Å². The van der Waals surface area contributed by atoms with Gasteiger partial charge in [-0.05, 0) is 19.1 Å². The average molecular weight is 170 g/mol. The van der Waals surface area contributed by atoms with Crippen LogP contribution < -0.4 is 0 Å². The van der Waals surface area contributed by atoms with Gasteiger partial charge in [0.25, 0.3) is 0 Å². The van der Waals surface area contributed by atoms with Gasteiger partial charge in [0.05, 0.1) is 6.26 Å². The van der Waals surface area contributed by atoms with Crippen molar-refractivity contribution in [3.63, 3.8) is 0 Å². The molecule has 1 aliphatic rings. The number of rotatable bonds is 1. The van der Waals surface area contributed by atoms with E-state index in [2.05, 4.69) is 0 Å². The van der Waals surface area contributed by atoms with Crippen molar-refractivity contribution in [3.05, 3.63) is 24.2 Å². The Kier molecular flexibility index (Phi) is 1.68. The zero-order chi connectivity index (χ0) is 8.60. The second kappa shape index (κ2) is 2.58. The van der Waals surface area contributed by atoms with E-state index in [9.17, 15) is 0 Å². The van der Waals surface area contributed by atoms with E-state index in [4.69, 9.17) is 19.0 Å². The highest BCUT2D eigenvalue weighted by Gasteiger charge is 2.40. The van der Waals surface area contributed by atoms with Crippen LogP contribution in [0.4, 0.5) is 0 Å².